The van der Waals surface area contributed by atoms with E-state index in [1.165, 1.54) is 11.4 Å². The molecule has 2 aromatic carbocycles. The highest BCUT2D eigenvalue weighted by Crippen LogP contribution is 2.34. The lowest BCUT2D eigenvalue weighted by atomic mass is 9.94. The predicted octanol–water partition coefficient (Wildman–Crippen LogP) is 3.66. The van der Waals surface area contributed by atoms with Crippen LogP contribution in [0.25, 0.3) is 5.57 Å². The normalized spacial score (nSPS) is 22.0. The first-order valence-electron chi connectivity index (χ1n) is 11.9. The molecule has 1 fully saturated rings. The number of anilines is 3. The van der Waals surface area contributed by atoms with Crippen LogP contribution in [-0.2, 0) is 4.79 Å². The van der Waals surface area contributed by atoms with Crippen LogP contribution in [0.3, 0.4) is 0 Å². The second-order valence-corrected chi connectivity index (χ2v) is 9.35. The minimum Gasteiger partial charge on any atom is -0.369 e. The molecule has 3 aliphatic rings. The molecule has 2 N–H and O–H groups in total. The van der Waals surface area contributed by atoms with Crippen molar-refractivity contribution in [2.75, 3.05) is 48.3 Å². The van der Waals surface area contributed by atoms with Gasteiger partial charge < -0.3 is 20.0 Å². The van der Waals surface area contributed by atoms with Crippen molar-refractivity contribution >= 4 is 34.4 Å². The van der Waals surface area contributed by atoms with E-state index in [-0.39, 0.29) is 5.91 Å². The molecular formula is C27H31N5O2. The van der Waals surface area contributed by atoms with Gasteiger partial charge in [0.15, 0.2) is 0 Å². The van der Waals surface area contributed by atoms with Crippen LogP contribution in [0.4, 0.5) is 17.1 Å². The van der Waals surface area contributed by atoms with Gasteiger partial charge in [0.1, 0.15) is 0 Å². The summed E-state index contributed by atoms with van der Waals surface area (Å²) in [6, 6.07) is 14.3. The Morgan fingerprint density at radius 1 is 0.941 bits per heavy atom. The molecule has 0 bridgehead atoms. The number of nitrogens with one attached hydrogen (secondary N) is 2. The molecule has 0 radical (unpaired) electrons. The molecular weight excluding hydrogens is 426 g/mol. The fourth-order valence-corrected chi connectivity index (χ4v) is 4.95. The average Bonchev–Trinajstić information content (AvgIpc) is 3.17. The van der Waals surface area contributed by atoms with Crippen molar-refractivity contribution in [3.63, 3.8) is 0 Å². The number of hydrogen-bond donors (Lipinski definition) is 2. The van der Waals surface area contributed by atoms with Gasteiger partial charge in [0, 0.05) is 72.3 Å². The zero-order valence-corrected chi connectivity index (χ0v) is 20.0. The summed E-state index contributed by atoms with van der Waals surface area (Å²) in [7, 11) is 2.15. The Morgan fingerprint density at radius 3 is 2.32 bits per heavy atom. The van der Waals surface area contributed by atoms with E-state index in [2.05, 4.69) is 64.4 Å². The van der Waals surface area contributed by atoms with Crippen LogP contribution >= 0.6 is 0 Å². The van der Waals surface area contributed by atoms with Gasteiger partial charge >= 0.3 is 0 Å². The Balaban J connectivity index is 1.39. The summed E-state index contributed by atoms with van der Waals surface area (Å²) in [5.74, 6) is -0.750. The summed E-state index contributed by atoms with van der Waals surface area (Å²) in [6.45, 7) is 8.43. The van der Waals surface area contributed by atoms with E-state index in [1.54, 1.807) is 6.20 Å². The van der Waals surface area contributed by atoms with Crippen molar-refractivity contribution in [2.24, 2.45) is 0 Å². The van der Waals surface area contributed by atoms with Crippen molar-refractivity contribution in [3.8, 4) is 0 Å². The van der Waals surface area contributed by atoms with Crippen molar-refractivity contribution < 1.29 is 9.59 Å². The molecule has 7 heteroatoms. The minimum atomic E-state index is -0.391. The van der Waals surface area contributed by atoms with Crippen molar-refractivity contribution in [2.45, 2.75) is 26.3 Å². The summed E-state index contributed by atoms with van der Waals surface area (Å²) in [5, 5.41) is 5.72. The van der Waals surface area contributed by atoms with Gasteiger partial charge in [-0.1, -0.05) is 6.08 Å². The number of rotatable bonds is 4. The maximum atomic E-state index is 12.8. The number of carbonyl (C=O) groups is 2. The average molecular weight is 458 g/mol. The molecule has 1 saturated heterocycles. The number of benzene rings is 2. The van der Waals surface area contributed by atoms with E-state index in [4.69, 9.17) is 0 Å². The lowest BCUT2D eigenvalue weighted by Crippen LogP contribution is -2.44. The molecule has 5 rings (SSSR count). The number of amides is 2. The van der Waals surface area contributed by atoms with Gasteiger partial charge in [0.2, 0.25) is 0 Å². The monoisotopic (exact) mass is 457 g/mol. The van der Waals surface area contributed by atoms with E-state index in [0.29, 0.717) is 22.7 Å². The van der Waals surface area contributed by atoms with Gasteiger partial charge in [-0.3, -0.25) is 14.9 Å². The summed E-state index contributed by atoms with van der Waals surface area (Å²) < 4.78 is 0. The predicted molar refractivity (Wildman–Crippen MR) is 137 cm³/mol. The van der Waals surface area contributed by atoms with Crippen LogP contribution in [0.5, 0.6) is 0 Å². The largest absolute Gasteiger partial charge is 0.369 e. The van der Waals surface area contributed by atoms with Gasteiger partial charge in [-0.2, -0.15) is 0 Å². The Morgan fingerprint density at radius 2 is 1.65 bits per heavy atom. The first-order chi connectivity index (χ1) is 16.4. The van der Waals surface area contributed by atoms with Crippen LogP contribution in [0.2, 0.25) is 0 Å². The van der Waals surface area contributed by atoms with Gasteiger partial charge in [0.05, 0.1) is 5.57 Å². The highest BCUT2D eigenvalue weighted by molar-refractivity contribution is 6.31. The van der Waals surface area contributed by atoms with E-state index in [9.17, 15) is 9.59 Å². The Kier molecular flexibility index (Phi) is 5.87. The number of hydrogen-bond acceptors (Lipinski definition) is 6. The van der Waals surface area contributed by atoms with Crippen LogP contribution in [-0.4, -0.2) is 56.0 Å². The van der Waals surface area contributed by atoms with E-state index in [0.717, 1.165) is 44.0 Å². The molecule has 0 saturated carbocycles. The molecule has 0 spiro atoms. The molecule has 3 aliphatic heterocycles. The minimum absolute atomic E-state index is 0.343. The molecule has 34 heavy (non-hydrogen) atoms. The summed E-state index contributed by atoms with van der Waals surface area (Å²) in [5.41, 5.74) is 5.87. The first kappa shape index (κ1) is 22.2. The Bertz CT molecular complexity index is 1180. The van der Waals surface area contributed by atoms with Gasteiger partial charge in [-0.15, -0.1) is 0 Å². The molecule has 0 aliphatic carbocycles. The number of imide groups is 1. The van der Waals surface area contributed by atoms with Gasteiger partial charge in [0.25, 0.3) is 11.8 Å². The highest BCUT2D eigenvalue weighted by atomic mass is 16.2. The number of carbonyl (C=O) groups excluding carboxylic acids is 2. The molecule has 0 aromatic heterocycles. The van der Waals surface area contributed by atoms with E-state index < -0.39 is 5.91 Å². The Hall–Kier alpha value is -3.58. The van der Waals surface area contributed by atoms with Crippen LogP contribution in [0.15, 0.2) is 60.4 Å². The van der Waals surface area contributed by atoms with E-state index >= 15 is 0 Å². The van der Waals surface area contributed by atoms with Crippen LogP contribution in [0, 0.1) is 0 Å². The number of piperazine rings is 1. The number of allylic oxidation sites excluding steroid dienone is 1. The van der Waals surface area contributed by atoms with Crippen LogP contribution < -0.4 is 20.4 Å². The summed E-state index contributed by atoms with van der Waals surface area (Å²) >= 11 is 0. The molecule has 1 atom stereocenters. The zero-order valence-electron chi connectivity index (χ0n) is 20.0. The maximum absolute atomic E-state index is 12.8. The SMILES string of the molecule is CC1=CCC(C)N1c1ccc2c(c1)/C(=C/Nc1ccc(N3CCN(C)CC3)cc1)C(=O)NC2=O. The summed E-state index contributed by atoms with van der Waals surface area (Å²) in [6.07, 6.45) is 4.90. The zero-order chi connectivity index (χ0) is 23.8. The van der Waals surface area contributed by atoms with Gasteiger partial charge in [-0.25, -0.2) is 0 Å². The quantitative estimate of drug-likeness (QED) is 0.540. The smallest absolute Gasteiger partial charge is 0.260 e. The number of fused-ring (bicyclic) bond motifs is 1. The third-order valence-electron chi connectivity index (χ3n) is 6.98. The van der Waals surface area contributed by atoms with Gasteiger partial charge in [-0.05, 0) is 69.8 Å². The lowest BCUT2D eigenvalue weighted by molar-refractivity contribution is -0.114. The van der Waals surface area contributed by atoms with E-state index in [1.807, 2.05) is 30.3 Å². The standard InChI is InChI=1S/C27H31N5O2/c1-18-4-5-19(2)32(18)22-10-11-23-24(16-22)25(27(34)29-26(23)33)17-28-20-6-8-21(9-7-20)31-14-12-30(3)13-15-31/h4,6-11,16-17,19,28H,5,12-15H2,1-3H3,(H,29,33,34)/b25-17-. The highest BCUT2D eigenvalue weighted by Gasteiger charge is 2.29. The number of nitrogens with zero attached hydrogens (tertiary/aromatic N) is 3. The summed E-state index contributed by atoms with van der Waals surface area (Å²) in [4.78, 5) is 32.2. The fourth-order valence-electron chi connectivity index (χ4n) is 4.95. The number of likely N-dealkylation sites (N-methyl/N-ethyl adjacent to an activating group) is 1. The van der Waals surface area contributed by atoms with Crippen molar-refractivity contribution in [1.82, 2.24) is 10.2 Å². The topological polar surface area (TPSA) is 67.9 Å². The first-order valence-corrected chi connectivity index (χ1v) is 11.9. The third kappa shape index (κ3) is 4.19. The molecule has 3 heterocycles. The molecule has 176 valence electrons. The van der Waals surface area contributed by atoms with Crippen molar-refractivity contribution in [1.29, 1.82) is 0 Å². The molecule has 7 nitrogen and oxygen atoms in total. The second-order valence-electron chi connectivity index (χ2n) is 9.35. The lowest BCUT2D eigenvalue weighted by Gasteiger charge is -2.34. The Labute approximate surface area is 200 Å². The second kappa shape index (κ2) is 8.99. The molecule has 2 amide bonds. The van der Waals surface area contributed by atoms with Crippen molar-refractivity contribution in [3.05, 3.63) is 71.6 Å². The maximum Gasteiger partial charge on any atom is 0.260 e. The fraction of sp³-hybridized carbons (Fsp3) is 0.333. The van der Waals surface area contributed by atoms with Crippen LogP contribution in [0.1, 0.15) is 36.2 Å². The third-order valence-corrected chi connectivity index (χ3v) is 6.98. The molecule has 1 unspecified atom stereocenters. The molecule has 2 aromatic rings.